The predicted octanol–water partition coefficient (Wildman–Crippen LogP) is -0.658. The lowest BCUT2D eigenvalue weighted by Crippen LogP contribution is -3.18. The molecule has 1 saturated heterocycles. The zero-order chi connectivity index (χ0) is 15.2. The van der Waals surface area contributed by atoms with Gasteiger partial charge in [0.1, 0.15) is 11.9 Å². The van der Waals surface area contributed by atoms with Crippen LogP contribution in [-0.2, 0) is 9.59 Å². The minimum Gasteiger partial charge on any atom is -0.544 e. The molecule has 21 heavy (non-hydrogen) atoms. The largest absolute Gasteiger partial charge is 0.544 e. The number of rotatable bonds is 5. The Hall–Kier alpha value is -1.95. The van der Waals surface area contributed by atoms with Crippen LogP contribution in [-0.4, -0.2) is 31.0 Å². The lowest BCUT2D eigenvalue weighted by Gasteiger charge is -2.31. The standard InChI is InChI=1S/C15H19FN2O3/c16-11-5-4-6-12(9-11)17-14(19)10-13(15(20)21)18-7-2-1-3-8-18/h4-6,9,13H,1-3,7-8,10H2,(H,17,19)(H,20,21)/t13-/m0/s1. The van der Waals surface area contributed by atoms with E-state index < -0.39 is 23.7 Å². The molecule has 1 heterocycles. The van der Waals surface area contributed by atoms with E-state index in [1.54, 1.807) is 6.07 Å². The number of quaternary nitrogens is 1. The van der Waals surface area contributed by atoms with Crippen molar-refractivity contribution >= 4 is 17.6 Å². The highest BCUT2D eigenvalue weighted by Crippen LogP contribution is 2.09. The van der Waals surface area contributed by atoms with Crippen molar-refractivity contribution in [1.82, 2.24) is 0 Å². The van der Waals surface area contributed by atoms with Crippen LogP contribution in [0.3, 0.4) is 0 Å². The molecule has 1 fully saturated rings. The van der Waals surface area contributed by atoms with Crippen molar-refractivity contribution in [2.75, 3.05) is 18.4 Å². The molecule has 0 spiro atoms. The second-order valence-corrected chi connectivity index (χ2v) is 5.35. The quantitative estimate of drug-likeness (QED) is 0.757. The van der Waals surface area contributed by atoms with Gasteiger partial charge in [-0.25, -0.2) is 4.39 Å². The third-order valence-electron chi connectivity index (χ3n) is 3.77. The van der Waals surface area contributed by atoms with E-state index in [0.29, 0.717) is 5.69 Å². The van der Waals surface area contributed by atoms with Crippen molar-refractivity contribution < 1.29 is 24.0 Å². The van der Waals surface area contributed by atoms with E-state index in [2.05, 4.69) is 5.32 Å². The number of hydrogen-bond donors (Lipinski definition) is 2. The van der Waals surface area contributed by atoms with Crippen LogP contribution < -0.4 is 15.3 Å². The van der Waals surface area contributed by atoms with Crippen LogP contribution in [0.1, 0.15) is 25.7 Å². The summed E-state index contributed by atoms with van der Waals surface area (Å²) >= 11 is 0. The first-order chi connectivity index (χ1) is 10.1. The summed E-state index contributed by atoms with van der Waals surface area (Å²) in [7, 11) is 0. The van der Waals surface area contributed by atoms with Gasteiger partial charge in [-0.05, 0) is 37.5 Å². The van der Waals surface area contributed by atoms with Gasteiger partial charge in [0.2, 0.25) is 5.91 Å². The fourth-order valence-electron chi connectivity index (χ4n) is 2.71. The summed E-state index contributed by atoms with van der Waals surface area (Å²) < 4.78 is 13.0. The number of aliphatic carboxylic acids is 1. The van der Waals surface area contributed by atoms with Crippen molar-refractivity contribution in [3.05, 3.63) is 30.1 Å². The highest BCUT2D eigenvalue weighted by Gasteiger charge is 2.27. The molecule has 1 aliphatic heterocycles. The van der Waals surface area contributed by atoms with Gasteiger partial charge in [-0.3, -0.25) is 4.79 Å². The second kappa shape index (κ2) is 7.17. The lowest BCUT2D eigenvalue weighted by molar-refractivity contribution is -0.922. The normalized spacial score (nSPS) is 17.2. The Kier molecular flexibility index (Phi) is 5.27. The van der Waals surface area contributed by atoms with Crippen molar-refractivity contribution in [2.45, 2.75) is 31.7 Å². The van der Waals surface area contributed by atoms with E-state index >= 15 is 0 Å². The summed E-state index contributed by atoms with van der Waals surface area (Å²) in [4.78, 5) is 24.1. The van der Waals surface area contributed by atoms with Gasteiger partial charge in [0.15, 0.2) is 0 Å². The molecule has 6 heteroatoms. The van der Waals surface area contributed by atoms with Gasteiger partial charge in [-0.1, -0.05) is 6.07 Å². The summed E-state index contributed by atoms with van der Waals surface area (Å²) in [6.45, 7) is 1.48. The highest BCUT2D eigenvalue weighted by molar-refractivity contribution is 5.93. The number of hydrogen-bond acceptors (Lipinski definition) is 3. The Balaban J connectivity index is 1.96. The Morgan fingerprint density at radius 3 is 2.62 bits per heavy atom. The first-order valence-corrected chi connectivity index (χ1v) is 7.17. The Labute approximate surface area is 122 Å². The summed E-state index contributed by atoms with van der Waals surface area (Å²) in [6, 6.07) is 4.66. The number of anilines is 1. The number of amides is 1. The molecule has 1 aromatic carbocycles. The van der Waals surface area contributed by atoms with Crippen LogP contribution in [0.4, 0.5) is 10.1 Å². The van der Waals surface area contributed by atoms with Crippen LogP contribution in [0, 0.1) is 5.82 Å². The van der Waals surface area contributed by atoms with Crippen LogP contribution in [0.15, 0.2) is 24.3 Å². The van der Waals surface area contributed by atoms with Gasteiger partial charge in [0.05, 0.1) is 25.5 Å². The van der Waals surface area contributed by atoms with Gasteiger partial charge in [0.25, 0.3) is 0 Å². The number of carboxylic acids is 1. The number of piperidine rings is 1. The number of halogens is 1. The maximum Gasteiger partial charge on any atom is 0.230 e. The Bertz CT molecular complexity index is 515. The van der Waals surface area contributed by atoms with Gasteiger partial charge in [-0.15, -0.1) is 0 Å². The topological polar surface area (TPSA) is 73.7 Å². The molecular formula is C15H19FN2O3. The molecule has 5 nitrogen and oxygen atoms in total. The number of carboxylic acid groups (broad SMARTS) is 1. The third kappa shape index (κ3) is 4.53. The Morgan fingerprint density at radius 1 is 1.29 bits per heavy atom. The van der Waals surface area contributed by atoms with Gasteiger partial charge < -0.3 is 20.1 Å². The monoisotopic (exact) mass is 294 g/mol. The molecule has 1 atom stereocenters. The number of carbonyl (C=O) groups is 2. The van der Waals surface area contributed by atoms with Crippen LogP contribution in [0.2, 0.25) is 0 Å². The maximum atomic E-state index is 13.0. The average molecular weight is 294 g/mol. The molecular weight excluding hydrogens is 275 g/mol. The van der Waals surface area contributed by atoms with Crippen molar-refractivity contribution in [3.63, 3.8) is 0 Å². The van der Waals surface area contributed by atoms with E-state index in [4.69, 9.17) is 0 Å². The number of carbonyl (C=O) groups excluding carboxylic acids is 2. The first-order valence-electron chi connectivity index (χ1n) is 7.17. The van der Waals surface area contributed by atoms with E-state index in [9.17, 15) is 19.1 Å². The van der Waals surface area contributed by atoms with Crippen LogP contribution in [0.5, 0.6) is 0 Å². The first kappa shape index (κ1) is 15.4. The van der Waals surface area contributed by atoms with E-state index in [1.165, 1.54) is 18.2 Å². The molecule has 2 N–H and O–H groups in total. The lowest BCUT2D eigenvalue weighted by atomic mass is 10.1. The average Bonchev–Trinajstić information content (AvgIpc) is 2.45. The molecule has 0 saturated carbocycles. The minimum atomic E-state index is -1.21. The van der Waals surface area contributed by atoms with Crippen molar-refractivity contribution in [1.29, 1.82) is 0 Å². The van der Waals surface area contributed by atoms with Crippen LogP contribution in [0.25, 0.3) is 0 Å². The molecule has 0 bridgehead atoms. The number of benzene rings is 1. The Morgan fingerprint density at radius 2 is 2.00 bits per heavy atom. The summed E-state index contributed by atoms with van der Waals surface area (Å²) in [5, 5.41) is 13.8. The zero-order valence-corrected chi connectivity index (χ0v) is 11.7. The van der Waals surface area contributed by atoms with Crippen LogP contribution >= 0.6 is 0 Å². The number of likely N-dealkylation sites (tertiary alicyclic amines) is 1. The van der Waals surface area contributed by atoms with E-state index in [0.717, 1.165) is 37.3 Å². The van der Waals surface area contributed by atoms with Gasteiger partial charge in [-0.2, -0.15) is 0 Å². The third-order valence-corrected chi connectivity index (χ3v) is 3.77. The summed E-state index contributed by atoms with van der Waals surface area (Å²) in [5.41, 5.74) is 0.325. The molecule has 1 aliphatic rings. The molecule has 0 radical (unpaired) electrons. The molecule has 0 aliphatic carbocycles. The smallest absolute Gasteiger partial charge is 0.230 e. The second-order valence-electron chi connectivity index (χ2n) is 5.35. The SMILES string of the molecule is O=C(C[C@@H](C(=O)[O-])[NH+]1CCCCC1)Nc1cccc(F)c1. The molecule has 0 unspecified atom stereocenters. The fourth-order valence-corrected chi connectivity index (χ4v) is 2.71. The van der Waals surface area contributed by atoms with Gasteiger partial charge >= 0.3 is 0 Å². The molecule has 1 aromatic rings. The van der Waals surface area contributed by atoms with E-state index in [-0.39, 0.29) is 6.42 Å². The van der Waals surface area contributed by atoms with E-state index in [1.807, 2.05) is 0 Å². The summed E-state index contributed by atoms with van der Waals surface area (Å²) in [5.74, 6) is -2.10. The molecule has 114 valence electrons. The van der Waals surface area contributed by atoms with Crippen molar-refractivity contribution in [2.24, 2.45) is 0 Å². The zero-order valence-electron chi connectivity index (χ0n) is 11.7. The molecule has 0 aromatic heterocycles. The minimum absolute atomic E-state index is 0.159. The highest BCUT2D eigenvalue weighted by atomic mass is 19.1. The number of nitrogens with one attached hydrogen (secondary N) is 2. The molecule has 1 amide bonds. The van der Waals surface area contributed by atoms with Crippen molar-refractivity contribution in [3.8, 4) is 0 Å². The van der Waals surface area contributed by atoms with Gasteiger partial charge in [0, 0.05) is 5.69 Å². The molecule has 2 rings (SSSR count). The fraction of sp³-hybridized carbons (Fsp3) is 0.467. The predicted molar refractivity (Wildman–Crippen MR) is 73.0 cm³/mol. The maximum absolute atomic E-state index is 13.0. The summed E-state index contributed by atoms with van der Waals surface area (Å²) in [6.07, 6.45) is 2.86.